The minimum Gasteiger partial charge on any atom is -0.507 e. The van der Waals surface area contributed by atoms with Gasteiger partial charge < -0.3 is 20.1 Å². The minimum atomic E-state index is -0.262. The molecule has 19 heavy (non-hydrogen) atoms. The number of nitrogens with one attached hydrogen (secondary N) is 1. The van der Waals surface area contributed by atoms with Gasteiger partial charge in [-0.3, -0.25) is 4.79 Å². The summed E-state index contributed by atoms with van der Waals surface area (Å²) in [6.45, 7) is 6.17. The van der Waals surface area contributed by atoms with Crippen molar-refractivity contribution in [2.45, 2.75) is 19.4 Å². The Morgan fingerprint density at radius 1 is 1.47 bits per heavy atom. The van der Waals surface area contributed by atoms with Crippen LogP contribution in [0.3, 0.4) is 0 Å². The molecule has 0 atom stereocenters. The van der Waals surface area contributed by atoms with Gasteiger partial charge in [0, 0.05) is 25.7 Å². The smallest absolute Gasteiger partial charge is 0.258 e. The normalized spacial score (nSPS) is 18.2. The molecule has 1 aromatic rings. The second kappa shape index (κ2) is 5.09. The Labute approximate surface area is 113 Å². The predicted molar refractivity (Wildman–Crippen MR) is 72.6 cm³/mol. The zero-order valence-electron chi connectivity index (χ0n) is 11.6. The van der Waals surface area contributed by atoms with Crippen LogP contribution in [0.2, 0.25) is 0 Å². The van der Waals surface area contributed by atoms with Crippen LogP contribution in [0, 0.1) is 0 Å². The van der Waals surface area contributed by atoms with E-state index in [0.29, 0.717) is 17.9 Å². The van der Waals surface area contributed by atoms with E-state index >= 15 is 0 Å². The lowest BCUT2D eigenvalue weighted by Crippen LogP contribution is -2.59. The van der Waals surface area contributed by atoms with Crippen LogP contribution in [0.25, 0.3) is 0 Å². The number of piperazine rings is 1. The van der Waals surface area contributed by atoms with Gasteiger partial charge in [-0.05, 0) is 26.0 Å². The van der Waals surface area contributed by atoms with Crippen molar-refractivity contribution in [2.24, 2.45) is 0 Å². The Morgan fingerprint density at radius 2 is 2.21 bits per heavy atom. The molecule has 2 N–H and O–H groups in total. The highest BCUT2D eigenvalue weighted by molar-refractivity contribution is 5.97. The standard InChI is InChI=1S/C14H20N2O3/c1-14(2)9-15-6-7-16(14)13(18)11-5-4-10(19-3)8-12(11)17/h4-5,8,15,17H,6-7,9H2,1-3H3. The highest BCUT2D eigenvalue weighted by Gasteiger charge is 2.34. The fourth-order valence-corrected chi connectivity index (χ4v) is 2.32. The molecule has 1 aliphatic heterocycles. The first-order valence-corrected chi connectivity index (χ1v) is 6.35. The predicted octanol–water partition coefficient (Wildman–Crippen LogP) is 1.22. The number of hydrogen-bond donors (Lipinski definition) is 2. The van der Waals surface area contributed by atoms with Gasteiger partial charge in [0.05, 0.1) is 18.2 Å². The number of phenols is 1. The molecule has 0 unspecified atom stereocenters. The third kappa shape index (κ3) is 2.66. The Morgan fingerprint density at radius 3 is 2.79 bits per heavy atom. The molecule has 5 nitrogen and oxygen atoms in total. The van der Waals surface area contributed by atoms with Crippen LogP contribution in [0.5, 0.6) is 11.5 Å². The molecule has 0 saturated carbocycles. The molecule has 0 radical (unpaired) electrons. The van der Waals surface area contributed by atoms with Crippen LogP contribution < -0.4 is 10.1 Å². The lowest BCUT2D eigenvalue weighted by molar-refractivity contribution is 0.0474. The van der Waals surface area contributed by atoms with Crippen LogP contribution in [-0.2, 0) is 0 Å². The van der Waals surface area contributed by atoms with Gasteiger partial charge in [0.2, 0.25) is 0 Å². The number of carbonyl (C=O) groups is 1. The summed E-state index contributed by atoms with van der Waals surface area (Å²) in [5, 5.41) is 13.2. The number of nitrogens with zero attached hydrogens (tertiary/aromatic N) is 1. The monoisotopic (exact) mass is 264 g/mol. The zero-order chi connectivity index (χ0) is 14.0. The van der Waals surface area contributed by atoms with Crippen molar-refractivity contribution in [3.63, 3.8) is 0 Å². The van der Waals surface area contributed by atoms with Crippen molar-refractivity contribution in [1.82, 2.24) is 10.2 Å². The van der Waals surface area contributed by atoms with Gasteiger partial charge in [0.25, 0.3) is 5.91 Å². The van der Waals surface area contributed by atoms with Gasteiger partial charge in [-0.1, -0.05) is 0 Å². The van der Waals surface area contributed by atoms with Gasteiger partial charge >= 0.3 is 0 Å². The molecule has 104 valence electrons. The third-order valence-corrected chi connectivity index (χ3v) is 3.48. The topological polar surface area (TPSA) is 61.8 Å². The Kier molecular flexibility index (Phi) is 3.66. The summed E-state index contributed by atoms with van der Waals surface area (Å²) in [7, 11) is 1.52. The third-order valence-electron chi connectivity index (χ3n) is 3.48. The molecule has 0 aromatic heterocycles. The number of aromatic hydroxyl groups is 1. The number of hydrogen-bond acceptors (Lipinski definition) is 4. The van der Waals surface area contributed by atoms with E-state index in [1.807, 2.05) is 13.8 Å². The second-order valence-electron chi connectivity index (χ2n) is 5.33. The maximum Gasteiger partial charge on any atom is 0.258 e. The summed E-state index contributed by atoms with van der Waals surface area (Å²) in [6, 6.07) is 4.75. The van der Waals surface area contributed by atoms with E-state index in [4.69, 9.17) is 4.74 Å². The van der Waals surface area contributed by atoms with Gasteiger partial charge in [-0.2, -0.15) is 0 Å². The van der Waals surface area contributed by atoms with Crippen molar-refractivity contribution in [3.05, 3.63) is 23.8 Å². The Balaban J connectivity index is 2.28. The van der Waals surface area contributed by atoms with Crippen molar-refractivity contribution < 1.29 is 14.6 Å². The lowest BCUT2D eigenvalue weighted by Gasteiger charge is -2.42. The molecule has 2 rings (SSSR count). The minimum absolute atomic E-state index is 0.0429. The van der Waals surface area contributed by atoms with Crippen LogP contribution in [0.4, 0.5) is 0 Å². The highest BCUT2D eigenvalue weighted by atomic mass is 16.5. The van der Waals surface area contributed by atoms with Gasteiger partial charge in [0.15, 0.2) is 0 Å². The summed E-state index contributed by atoms with van der Waals surface area (Å²) in [4.78, 5) is 14.3. The molecule has 1 aliphatic rings. The molecule has 1 saturated heterocycles. The number of phenolic OH excluding ortho intramolecular Hbond substituents is 1. The molecular formula is C14H20N2O3. The average Bonchev–Trinajstić information content (AvgIpc) is 2.37. The van der Waals surface area contributed by atoms with E-state index in [0.717, 1.165) is 13.1 Å². The molecule has 0 bridgehead atoms. The number of benzene rings is 1. The number of methoxy groups -OCH3 is 1. The quantitative estimate of drug-likeness (QED) is 0.843. The molecule has 1 amide bonds. The van der Waals surface area contributed by atoms with Crippen LogP contribution >= 0.6 is 0 Å². The Hall–Kier alpha value is -1.75. The van der Waals surface area contributed by atoms with E-state index in [2.05, 4.69) is 5.32 Å². The summed E-state index contributed by atoms with van der Waals surface area (Å²) in [5.41, 5.74) is 0.0533. The fraction of sp³-hybridized carbons (Fsp3) is 0.500. The van der Waals surface area contributed by atoms with Crippen molar-refractivity contribution in [3.8, 4) is 11.5 Å². The fourth-order valence-electron chi connectivity index (χ4n) is 2.32. The number of rotatable bonds is 2. The van der Waals surface area contributed by atoms with Crippen LogP contribution in [0.1, 0.15) is 24.2 Å². The summed E-state index contributed by atoms with van der Waals surface area (Å²) in [5.74, 6) is 0.346. The summed E-state index contributed by atoms with van der Waals surface area (Å²) >= 11 is 0. The molecule has 0 spiro atoms. The Bertz CT molecular complexity index is 486. The van der Waals surface area contributed by atoms with Gasteiger partial charge in [-0.15, -0.1) is 0 Å². The van der Waals surface area contributed by atoms with Gasteiger partial charge in [-0.25, -0.2) is 0 Å². The molecule has 5 heteroatoms. The molecule has 1 fully saturated rings. The number of ether oxygens (including phenoxy) is 1. The zero-order valence-corrected chi connectivity index (χ0v) is 11.6. The van der Waals surface area contributed by atoms with Crippen molar-refractivity contribution in [2.75, 3.05) is 26.7 Å². The summed E-state index contributed by atoms with van der Waals surface area (Å²) in [6.07, 6.45) is 0. The first-order chi connectivity index (χ1) is 8.95. The number of carbonyl (C=O) groups excluding carboxylic acids is 1. The van der Waals surface area contributed by atoms with E-state index in [9.17, 15) is 9.90 Å². The van der Waals surface area contributed by atoms with Gasteiger partial charge in [0.1, 0.15) is 11.5 Å². The maximum absolute atomic E-state index is 12.5. The molecule has 1 heterocycles. The lowest BCUT2D eigenvalue weighted by atomic mass is 9.98. The van der Waals surface area contributed by atoms with Crippen LogP contribution in [-0.4, -0.2) is 48.2 Å². The summed E-state index contributed by atoms with van der Waals surface area (Å²) < 4.78 is 5.02. The molecule has 1 aromatic carbocycles. The highest BCUT2D eigenvalue weighted by Crippen LogP contribution is 2.27. The first-order valence-electron chi connectivity index (χ1n) is 6.35. The largest absolute Gasteiger partial charge is 0.507 e. The van der Waals surface area contributed by atoms with E-state index in [1.54, 1.807) is 17.0 Å². The van der Waals surface area contributed by atoms with Crippen LogP contribution in [0.15, 0.2) is 18.2 Å². The maximum atomic E-state index is 12.5. The molecule has 0 aliphatic carbocycles. The van der Waals surface area contributed by atoms with Crippen molar-refractivity contribution >= 4 is 5.91 Å². The van der Waals surface area contributed by atoms with E-state index < -0.39 is 0 Å². The molecular weight excluding hydrogens is 244 g/mol. The second-order valence-corrected chi connectivity index (χ2v) is 5.33. The SMILES string of the molecule is COc1ccc(C(=O)N2CCNCC2(C)C)c(O)c1. The average molecular weight is 264 g/mol. The van der Waals surface area contributed by atoms with Crippen molar-refractivity contribution in [1.29, 1.82) is 0 Å². The first kappa shape index (κ1) is 13.7. The number of amides is 1. The van der Waals surface area contributed by atoms with E-state index in [1.165, 1.54) is 13.2 Å². The van der Waals surface area contributed by atoms with E-state index in [-0.39, 0.29) is 17.2 Å².